The molecule has 0 bridgehead atoms. The molecule has 0 saturated carbocycles. The van der Waals surface area contributed by atoms with Gasteiger partial charge in [-0.2, -0.15) is 0 Å². The van der Waals surface area contributed by atoms with E-state index in [1.165, 1.54) is 18.0 Å². The summed E-state index contributed by atoms with van der Waals surface area (Å²) in [5.74, 6) is 0. The summed E-state index contributed by atoms with van der Waals surface area (Å²) >= 11 is 1.28. The Bertz CT molecular complexity index is 507. The monoisotopic (exact) mass is 390 g/mol. The van der Waals surface area contributed by atoms with E-state index >= 15 is 0 Å². The lowest BCUT2D eigenvalue weighted by atomic mass is 10.3. The Balaban J connectivity index is 2.49. The molecule has 26 heavy (non-hydrogen) atoms. The Morgan fingerprint density at radius 3 is 2.04 bits per heavy atom. The molecule has 0 aliphatic heterocycles. The summed E-state index contributed by atoms with van der Waals surface area (Å²) in [4.78, 5) is 11.3. The van der Waals surface area contributed by atoms with Crippen molar-refractivity contribution < 1.29 is 29.3 Å². The van der Waals surface area contributed by atoms with Gasteiger partial charge in [-0.05, 0) is 18.0 Å². The minimum absolute atomic E-state index is 0.0197. The number of nitro groups is 1. The van der Waals surface area contributed by atoms with E-state index < -0.39 is 4.92 Å². The molecule has 0 unspecified atom stereocenters. The van der Waals surface area contributed by atoms with E-state index in [-0.39, 0.29) is 32.1 Å². The van der Waals surface area contributed by atoms with Crippen molar-refractivity contribution in [1.82, 2.24) is 4.31 Å². The molecular formula is C16H26N2O7S. The highest BCUT2D eigenvalue weighted by Gasteiger charge is 2.17. The molecule has 0 amide bonds. The molecule has 0 spiro atoms. The number of hydrogen-bond acceptors (Lipinski definition) is 9. The van der Waals surface area contributed by atoms with Crippen molar-refractivity contribution in [3.05, 3.63) is 34.4 Å². The summed E-state index contributed by atoms with van der Waals surface area (Å²) < 4.78 is 17.8. The van der Waals surface area contributed by atoms with Gasteiger partial charge in [0.15, 0.2) is 0 Å². The summed E-state index contributed by atoms with van der Waals surface area (Å²) in [5, 5.41) is 28.5. The number of aliphatic hydroxyl groups excluding tert-OH is 2. The predicted molar refractivity (Wildman–Crippen MR) is 97.2 cm³/mol. The maximum absolute atomic E-state index is 11.2. The summed E-state index contributed by atoms with van der Waals surface area (Å²) in [7, 11) is 0. The first-order valence-corrected chi connectivity index (χ1v) is 9.07. The fourth-order valence-corrected chi connectivity index (χ4v) is 2.90. The SMILES string of the molecule is O=[N+]([O-])c1ccccc1SN(CCOCCO)CCOCCOCCO. The molecule has 2 N–H and O–H groups in total. The molecule has 148 valence electrons. The minimum atomic E-state index is -0.405. The van der Waals surface area contributed by atoms with Gasteiger partial charge in [-0.1, -0.05) is 12.1 Å². The molecule has 0 radical (unpaired) electrons. The lowest BCUT2D eigenvalue weighted by molar-refractivity contribution is -0.387. The van der Waals surface area contributed by atoms with Crippen LogP contribution in [0.15, 0.2) is 29.2 Å². The zero-order chi connectivity index (χ0) is 19.0. The lowest BCUT2D eigenvalue weighted by Gasteiger charge is -2.21. The van der Waals surface area contributed by atoms with Crippen molar-refractivity contribution in [3.8, 4) is 0 Å². The second-order valence-corrected chi connectivity index (χ2v) is 6.17. The quantitative estimate of drug-likeness (QED) is 0.184. The Kier molecular flexibility index (Phi) is 13.0. The Labute approximate surface area is 157 Å². The highest BCUT2D eigenvalue weighted by molar-refractivity contribution is 7.97. The maximum Gasteiger partial charge on any atom is 0.284 e. The van der Waals surface area contributed by atoms with Crippen LogP contribution in [0.5, 0.6) is 0 Å². The molecule has 1 aromatic rings. The number of hydrogen-bond donors (Lipinski definition) is 2. The first-order valence-electron chi connectivity index (χ1n) is 8.30. The van der Waals surface area contributed by atoms with Crippen LogP contribution in [0.1, 0.15) is 0 Å². The molecule has 0 aromatic heterocycles. The van der Waals surface area contributed by atoms with Gasteiger partial charge in [-0.15, -0.1) is 0 Å². The van der Waals surface area contributed by atoms with Crippen molar-refractivity contribution in [1.29, 1.82) is 0 Å². The molecule has 0 saturated heterocycles. The van der Waals surface area contributed by atoms with E-state index in [0.717, 1.165) is 0 Å². The molecule has 1 rings (SSSR count). The number of nitro benzene ring substituents is 1. The van der Waals surface area contributed by atoms with Crippen molar-refractivity contribution >= 4 is 17.6 Å². The Morgan fingerprint density at radius 1 is 0.923 bits per heavy atom. The maximum atomic E-state index is 11.2. The topological polar surface area (TPSA) is 115 Å². The van der Waals surface area contributed by atoms with Crippen LogP contribution in [-0.2, 0) is 14.2 Å². The lowest BCUT2D eigenvalue weighted by Crippen LogP contribution is -2.26. The van der Waals surface area contributed by atoms with Gasteiger partial charge in [0, 0.05) is 19.2 Å². The average molecular weight is 390 g/mol. The molecular weight excluding hydrogens is 364 g/mol. The number of aliphatic hydroxyl groups is 2. The summed E-state index contributed by atoms with van der Waals surface area (Å²) in [5.41, 5.74) is 0.0529. The number of nitrogens with zero attached hydrogens (tertiary/aromatic N) is 2. The van der Waals surface area contributed by atoms with Crippen molar-refractivity contribution in [2.24, 2.45) is 0 Å². The third-order valence-corrected chi connectivity index (χ3v) is 4.27. The number of benzene rings is 1. The van der Waals surface area contributed by atoms with E-state index in [9.17, 15) is 10.1 Å². The van der Waals surface area contributed by atoms with Crippen molar-refractivity contribution in [2.45, 2.75) is 4.90 Å². The number of ether oxygens (including phenoxy) is 3. The predicted octanol–water partition coefficient (Wildman–Crippen LogP) is 0.938. The first-order chi connectivity index (χ1) is 12.7. The molecule has 9 nitrogen and oxygen atoms in total. The molecule has 10 heteroatoms. The van der Waals surface area contributed by atoms with Gasteiger partial charge in [0.1, 0.15) is 4.90 Å². The van der Waals surface area contributed by atoms with Crippen molar-refractivity contribution in [2.75, 3.05) is 65.9 Å². The standard InChI is InChI=1S/C16H26N2O7S/c19-7-11-23-9-5-17(6-10-24-13-14-25-12-8-20)26-16-4-2-1-3-15(16)18(21)22/h1-4,19-20H,5-14H2. The van der Waals surface area contributed by atoms with E-state index in [4.69, 9.17) is 24.4 Å². The van der Waals surface area contributed by atoms with E-state index in [0.29, 0.717) is 44.4 Å². The van der Waals surface area contributed by atoms with Crippen LogP contribution in [0.25, 0.3) is 0 Å². The van der Waals surface area contributed by atoms with E-state index in [2.05, 4.69) is 0 Å². The zero-order valence-corrected chi connectivity index (χ0v) is 15.4. The average Bonchev–Trinajstić information content (AvgIpc) is 2.64. The summed E-state index contributed by atoms with van der Waals surface area (Å²) in [6.45, 7) is 3.17. The van der Waals surface area contributed by atoms with Crippen LogP contribution in [0.3, 0.4) is 0 Å². The highest BCUT2D eigenvalue weighted by atomic mass is 32.2. The fraction of sp³-hybridized carbons (Fsp3) is 0.625. The zero-order valence-electron chi connectivity index (χ0n) is 14.6. The van der Waals surface area contributed by atoms with Gasteiger partial charge in [0.2, 0.25) is 0 Å². The van der Waals surface area contributed by atoms with Gasteiger partial charge < -0.3 is 24.4 Å². The molecule has 1 aromatic carbocycles. The second-order valence-electron chi connectivity index (χ2n) is 5.03. The minimum Gasteiger partial charge on any atom is -0.394 e. The van der Waals surface area contributed by atoms with Crippen molar-refractivity contribution in [3.63, 3.8) is 0 Å². The highest BCUT2D eigenvalue weighted by Crippen LogP contribution is 2.30. The normalized spacial score (nSPS) is 11.2. The van der Waals surface area contributed by atoms with E-state index in [1.807, 2.05) is 4.31 Å². The third-order valence-electron chi connectivity index (χ3n) is 3.10. The van der Waals surface area contributed by atoms with Crippen LogP contribution in [0, 0.1) is 10.1 Å². The van der Waals surface area contributed by atoms with Crippen LogP contribution in [0.4, 0.5) is 5.69 Å². The van der Waals surface area contributed by atoms with Crippen LogP contribution >= 0.6 is 11.9 Å². The molecule has 0 aliphatic carbocycles. The van der Waals surface area contributed by atoms with Gasteiger partial charge in [0.25, 0.3) is 5.69 Å². The molecule has 0 atom stereocenters. The Morgan fingerprint density at radius 2 is 1.46 bits per heavy atom. The largest absolute Gasteiger partial charge is 0.394 e. The Hall–Kier alpha value is -1.27. The summed E-state index contributed by atoms with van der Waals surface area (Å²) in [6.07, 6.45) is 0. The van der Waals surface area contributed by atoms with Crippen LogP contribution in [0.2, 0.25) is 0 Å². The molecule has 0 fully saturated rings. The fourth-order valence-electron chi connectivity index (χ4n) is 1.91. The second kappa shape index (κ2) is 14.9. The van der Waals surface area contributed by atoms with Gasteiger partial charge in [-0.3, -0.25) is 10.1 Å². The smallest absolute Gasteiger partial charge is 0.284 e. The molecule has 0 heterocycles. The number of para-hydroxylation sites is 1. The van der Waals surface area contributed by atoms with E-state index in [1.54, 1.807) is 18.2 Å². The summed E-state index contributed by atoms with van der Waals surface area (Å²) in [6, 6.07) is 6.56. The molecule has 0 aliphatic rings. The van der Waals surface area contributed by atoms with Gasteiger partial charge >= 0.3 is 0 Å². The van der Waals surface area contributed by atoms with Crippen LogP contribution in [-0.4, -0.2) is 85.4 Å². The number of rotatable bonds is 16. The first kappa shape index (κ1) is 22.8. The van der Waals surface area contributed by atoms with Gasteiger partial charge in [0.05, 0.1) is 57.8 Å². The van der Waals surface area contributed by atoms with Crippen LogP contribution < -0.4 is 0 Å². The third kappa shape index (κ3) is 10.0. The van der Waals surface area contributed by atoms with Gasteiger partial charge in [-0.25, -0.2) is 4.31 Å².